The number of alkyl halides is 3. The third-order valence-corrected chi connectivity index (χ3v) is 5.23. The first-order chi connectivity index (χ1) is 11.4. The average Bonchev–Trinajstić information content (AvgIpc) is 3.16. The van der Waals surface area contributed by atoms with Crippen molar-refractivity contribution in [2.45, 2.75) is 43.9 Å². The Kier molecular flexibility index (Phi) is 5.22. The molecular formula is C16H21ClF3N3O. The van der Waals surface area contributed by atoms with Crippen molar-refractivity contribution in [2.75, 3.05) is 31.1 Å². The molecule has 0 spiro atoms. The predicted octanol–water partition coefficient (Wildman–Crippen LogP) is 3.18. The molecule has 2 atom stereocenters. The van der Waals surface area contributed by atoms with Gasteiger partial charge in [0, 0.05) is 31.4 Å². The Labute approximate surface area is 144 Å². The minimum atomic E-state index is -4.44. The number of anilines is 1. The Bertz CT molecular complexity index is 584. The first-order valence-electron chi connectivity index (χ1n) is 8.24. The summed E-state index contributed by atoms with van der Waals surface area (Å²) in [5, 5.41) is 9.49. The minimum absolute atomic E-state index is 0.0388. The van der Waals surface area contributed by atoms with Crippen molar-refractivity contribution in [3.63, 3.8) is 0 Å². The fourth-order valence-corrected chi connectivity index (χ4v) is 3.99. The fourth-order valence-electron chi connectivity index (χ4n) is 3.71. The van der Waals surface area contributed by atoms with Crippen LogP contribution in [-0.2, 0) is 6.18 Å². The molecule has 134 valence electrons. The van der Waals surface area contributed by atoms with Crippen LogP contribution in [0.4, 0.5) is 19.0 Å². The molecule has 2 fully saturated rings. The smallest absolute Gasteiger partial charge is 0.395 e. The van der Waals surface area contributed by atoms with E-state index in [-0.39, 0.29) is 23.7 Å². The van der Waals surface area contributed by atoms with E-state index < -0.39 is 11.7 Å². The largest absolute Gasteiger partial charge is 0.417 e. The van der Waals surface area contributed by atoms with Gasteiger partial charge in [0.15, 0.2) is 0 Å². The van der Waals surface area contributed by atoms with Gasteiger partial charge in [-0.1, -0.05) is 11.6 Å². The van der Waals surface area contributed by atoms with Crippen LogP contribution >= 0.6 is 11.6 Å². The van der Waals surface area contributed by atoms with E-state index in [1.807, 2.05) is 4.90 Å². The van der Waals surface area contributed by atoms with Crippen molar-refractivity contribution in [1.82, 2.24) is 9.88 Å². The summed E-state index contributed by atoms with van der Waals surface area (Å²) in [7, 11) is 0. The normalized spacial score (nSPS) is 25.6. The summed E-state index contributed by atoms with van der Waals surface area (Å²) in [5.41, 5.74) is -0.827. The van der Waals surface area contributed by atoms with Crippen LogP contribution in [-0.4, -0.2) is 53.3 Å². The van der Waals surface area contributed by atoms with E-state index in [0.717, 1.165) is 57.6 Å². The van der Waals surface area contributed by atoms with Crippen LogP contribution in [0.2, 0.25) is 5.02 Å². The summed E-state index contributed by atoms with van der Waals surface area (Å²) < 4.78 is 38.3. The van der Waals surface area contributed by atoms with Gasteiger partial charge in [0.25, 0.3) is 0 Å². The highest BCUT2D eigenvalue weighted by molar-refractivity contribution is 6.33. The molecule has 8 heteroatoms. The van der Waals surface area contributed by atoms with Crippen molar-refractivity contribution in [3.8, 4) is 0 Å². The highest BCUT2D eigenvalue weighted by Crippen LogP contribution is 2.36. The van der Waals surface area contributed by atoms with Crippen LogP contribution in [0, 0.1) is 0 Å². The molecule has 1 aromatic heterocycles. The average molecular weight is 364 g/mol. The lowest BCUT2D eigenvalue weighted by Crippen LogP contribution is -2.43. The van der Waals surface area contributed by atoms with Crippen molar-refractivity contribution in [2.24, 2.45) is 0 Å². The number of aliphatic hydroxyl groups is 1. The van der Waals surface area contributed by atoms with Gasteiger partial charge in [-0.05, 0) is 38.3 Å². The highest BCUT2D eigenvalue weighted by Gasteiger charge is 2.35. The molecule has 1 aromatic rings. The van der Waals surface area contributed by atoms with Gasteiger partial charge in [-0.15, -0.1) is 0 Å². The maximum Gasteiger partial charge on any atom is 0.417 e. The summed E-state index contributed by atoms with van der Waals surface area (Å²) in [4.78, 5) is 8.27. The maximum atomic E-state index is 12.8. The summed E-state index contributed by atoms with van der Waals surface area (Å²) in [6, 6.07) is 1.30. The Morgan fingerprint density at radius 2 is 1.92 bits per heavy atom. The number of likely N-dealkylation sites (tertiary alicyclic amines) is 1. The Morgan fingerprint density at radius 3 is 2.58 bits per heavy atom. The zero-order valence-corrected chi connectivity index (χ0v) is 14.0. The lowest BCUT2D eigenvalue weighted by Gasteiger charge is -2.32. The monoisotopic (exact) mass is 363 g/mol. The van der Waals surface area contributed by atoms with Gasteiger partial charge in [0.05, 0.1) is 17.2 Å². The second-order valence-electron chi connectivity index (χ2n) is 6.49. The van der Waals surface area contributed by atoms with E-state index in [9.17, 15) is 18.3 Å². The van der Waals surface area contributed by atoms with Crippen LogP contribution in [0.25, 0.3) is 0 Å². The molecule has 1 N–H and O–H groups in total. The van der Waals surface area contributed by atoms with Gasteiger partial charge in [0.2, 0.25) is 0 Å². The number of hydrogen-bond acceptors (Lipinski definition) is 4. The molecular weight excluding hydrogens is 343 g/mol. The van der Waals surface area contributed by atoms with Crippen LogP contribution in [0.1, 0.15) is 31.2 Å². The van der Waals surface area contributed by atoms with Crippen molar-refractivity contribution in [3.05, 3.63) is 22.8 Å². The molecule has 0 bridgehead atoms. The molecule has 0 radical (unpaired) electrons. The van der Waals surface area contributed by atoms with Crippen LogP contribution in [0.5, 0.6) is 0 Å². The van der Waals surface area contributed by atoms with Gasteiger partial charge < -0.3 is 10.0 Å². The van der Waals surface area contributed by atoms with Crippen molar-refractivity contribution < 1.29 is 18.3 Å². The molecule has 0 amide bonds. The zero-order valence-electron chi connectivity index (χ0n) is 13.3. The van der Waals surface area contributed by atoms with Crippen LogP contribution in [0.3, 0.4) is 0 Å². The van der Waals surface area contributed by atoms with Crippen LogP contribution < -0.4 is 4.90 Å². The molecule has 3 heterocycles. The number of rotatable bonds is 4. The van der Waals surface area contributed by atoms with Gasteiger partial charge in [0.1, 0.15) is 5.82 Å². The molecule has 0 saturated carbocycles. The quantitative estimate of drug-likeness (QED) is 0.892. The van der Waals surface area contributed by atoms with E-state index in [4.69, 9.17) is 11.6 Å². The lowest BCUT2D eigenvalue weighted by molar-refractivity contribution is -0.137. The maximum absolute atomic E-state index is 12.8. The van der Waals surface area contributed by atoms with Gasteiger partial charge in [-0.3, -0.25) is 4.90 Å². The zero-order chi connectivity index (χ0) is 17.3. The molecule has 2 aliphatic rings. The predicted molar refractivity (Wildman–Crippen MR) is 86.3 cm³/mol. The second kappa shape index (κ2) is 7.06. The standard InChI is InChI=1S/C16H21ClF3N3O/c17-14-7-11(16(18,19)20)8-21-15(14)23-6-2-3-12(23)9-22-5-1-4-13(22)10-24/h7-8,12-13,24H,1-6,9-10H2. The van der Waals surface area contributed by atoms with Gasteiger partial charge in [-0.25, -0.2) is 4.98 Å². The number of halogens is 4. The molecule has 3 rings (SSSR count). The number of hydrogen-bond donors (Lipinski definition) is 1. The number of pyridine rings is 1. The van der Waals surface area contributed by atoms with E-state index in [2.05, 4.69) is 9.88 Å². The van der Waals surface area contributed by atoms with Gasteiger partial charge >= 0.3 is 6.18 Å². The first-order valence-corrected chi connectivity index (χ1v) is 8.62. The number of aliphatic hydroxyl groups excluding tert-OH is 1. The first kappa shape index (κ1) is 17.8. The van der Waals surface area contributed by atoms with E-state index in [1.54, 1.807) is 0 Å². The number of nitrogens with zero attached hydrogens (tertiary/aromatic N) is 3. The molecule has 0 aromatic carbocycles. The third kappa shape index (κ3) is 3.63. The third-order valence-electron chi connectivity index (χ3n) is 4.95. The topological polar surface area (TPSA) is 39.6 Å². The summed E-state index contributed by atoms with van der Waals surface area (Å²) in [6.07, 6.45) is 0.376. The summed E-state index contributed by atoms with van der Waals surface area (Å²) in [5.74, 6) is 0.423. The molecule has 2 unspecified atom stereocenters. The Morgan fingerprint density at radius 1 is 1.21 bits per heavy atom. The minimum Gasteiger partial charge on any atom is -0.395 e. The second-order valence-corrected chi connectivity index (χ2v) is 6.90. The van der Waals surface area contributed by atoms with Crippen LogP contribution in [0.15, 0.2) is 12.3 Å². The summed E-state index contributed by atoms with van der Waals surface area (Å²) in [6.45, 7) is 2.61. The van der Waals surface area contributed by atoms with E-state index in [1.165, 1.54) is 0 Å². The Hall–Kier alpha value is -1.05. The Balaban J connectivity index is 1.76. The fraction of sp³-hybridized carbons (Fsp3) is 0.688. The highest BCUT2D eigenvalue weighted by atomic mass is 35.5. The SMILES string of the molecule is OCC1CCCN1CC1CCCN1c1ncc(C(F)(F)F)cc1Cl. The number of aromatic nitrogens is 1. The summed E-state index contributed by atoms with van der Waals surface area (Å²) >= 11 is 6.10. The lowest BCUT2D eigenvalue weighted by atomic mass is 10.1. The molecule has 24 heavy (non-hydrogen) atoms. The van der Waals surface area contributed by atoms with Crippen molar-refractivity contribution >= 4 is 17.4 Å². The molecule has 2 aliphatic heterocycles. The molecule has 2 saturated heterocycles. The van der Waals surface area contributed by atoms with E-state index >= 15 is 0 Å². The van der Waals surface area contributed by atoms with Gasteiger partial charge in [-0.2, -0.15) is 13.2 Å². The van der Waals surface area contributed by atoms with Crippen molar-refractivity contribution in [1.29, 1.82) is 0 Å². The molecule has 4 nitrogen and oxygen atoms in total. The van der Waals surface area contributed by atoms with E-state index in [0.29, 0.717) is 5.82 Å². The molecule has 0 aliphatic carbocycles.